The molecule has 0 unspecified atom stereocenters. The van der Waals surface area contributed by atoms with Gasteiger partial charge in [0.25, 0.3) is 5.56 Å². The predicted octanol–water partition coefficient (Wildman–Crippen LogP) is 3.85. The lowest BCUT2D eigenvalue weighted by molar-refractivity contribution is 0.566. The van der Waals surface area contributed by atoms with Crippen LogP contribution in [0.1, 0.15) is 18.2 Å². The molecule has 102 valence electrons. The fourth-order valence-electron chi connectivity index (χ4n) is 1.59. The van der Waals surface area contributed by atoms with Gasteiger partial charge in [0.15, 0.2) is 0 Å². The van der Waals surface area contributed by atoms with Gasteiger partial charge in [-0.05, 0) is 50.4 Å². The quantitative estimate of drug-likeness (QED) is 0.820. The molecule has 0 spiro atoms. The molecule has 0 atom stereocenters. The van der Waals surface area contributed by atoms with E-state index in [1.165, 1.54) is 9.56 Å². The van der Waals surface area contributed by atoms with E-state index in [1.807, 2.05) is 19.1 Å². The van der Waals surface area contributed by atoms with Crippen molar-refractivity contribution >= 4 is 48.9 Å². The molecular weight excluding hydrogens is 394 g/mol. The number of hydrogen-bond donors (Lipinski definition) is 1. The van der Waals surface area contributed by atoms with Crippen molar-refractivity contribution < 1.29 is 0 Å². The third-order valence-electron chi connectivity index (χ3n) is 2.50. The average Bonchev–Trinajstić information content (AvgIpc) is 2.80. The van der Waals surface area contributed by atoms with Crippen LogP contribution in [0.15, 0.2) is 31.4 Å². The van der Waals surface area contributed by atoms with Crippen LogP contribution in [0.2, 0.25) is 0 Å². The molecule has 4 nitrogen and oxygen atoms in total. The number of thiophene rings is 1. The SMILES string of the molecule is CCCn1ncc(NCc2ccc(Br)s2)c(Br)c1=O. The largest absolute Gasteiger partial charge is 0.378 e. The van der Waals surface area contributed by atoms with Gasteiger partial charge in [-0.15, -0.1) is 11.3 Å². The average molecular weight is 407 g/mol. The molecule has 0 radical (unpaired) electrons. The zero-order valence-corrected chi connectivity index (χ0v) is 14.3. The molecule has 0 bridgehead atoms. The molecule has 2 rings (SSSR count). The van der Waals surface area contributed by atoms with Crippen molar-refractivity contribution in [3.8, 4) is 0 Å². The van der Waals surface area contributed by atoms with Crippen LogP contribution >= 0.6 is 43.2 Å². The van der Waals surface area contributed by atoms with Gasteiger partial charge >= 0.3 is 0 Å². The summed E-state index contributed by atoms with van der Waals surface area (Å²) in [5, 5.41) is 7.37. The van der Waals surface area contributed by atoms with Crippen molar-refractivity contribution in [1.29, 1.82) is 0 Å². The number of aromatic nitrogens is 2. The Labute approximate surface area is 132 Å². The van der Waals surface area contributed by atoms with E-state index in [0.29, 0.717) is 17.6 Å². The van der Waals surface area contributed by atoms with Gasteiger partial charge in [-0.3, -0.25) is 4.79 Å². The minimum Gasteiger partial charge on any atom is -0.378 e. The minimum absolute atomic E-state index is 0.0980. The van der Waals surface area contributed by atoms with E-state index >= 15 is 0 Å². The van der Waals surface area contributed by atoms with Crippen LogP contribution in [0, 0.1) is 0 Å². The standard InChI is InChI=1S/C12H13Br2N3OS/c1-2-5-17-12(18)11(14)9(7-16-17)15-6-8-3-4-10(13)19-8/h3-4,7,15H,2,5-6H2,1H3. The van der Waals surface area contributed by atoms with Gasteiger partial charge in [-0.1, -0.05) is 6.92 Å². The van der Waals surface area contributed by atoms with Gasteiger partial charge in [0.05, 0.1) is 15.7 Å². The minimum atomic E-state index is -0.0980. The first-order valence-electron chi connectivity index (χ1n) is 5.85. The van der Waals surface area contributed by atoms with Gasteiger partial charge in [0.2, 0.25) is 0 Å². The van der Waals surface area contributed by atoms with Crippen molar-refractivity contribution in [2.75, 3.05) is 5.32 Å². The number of nitrogens with zero attached hydrogens (tertiary/aromatic N) is 2. The number of nitrogens with one attached hydrogen (secondary N) is 1. The monoisotopic (exact) mass is 405 g/mol. The Balaban J connectivity index is 2.13. The van der Waals surface area contributed by atoms with E-state index in [-0.39, 0.29) is 5.56 Å². The molecule has 2 aromatic heterocycles. The van der Waals surface area contributed by atoms with Gasteiger partial charge in [0, 0.05) is 18.0 Å². The molecular formula is C12H13Br2N3OS. The van der Waals surface area contributed by atoms with E-state index in [0.717, 1.165) is 15.9 Å². The molecule has 0 saturated heterocycles. The van der Waals surface area contributed by atoms with E-state index in [9.17, 15) is 4.79 Å². The highest BCUT2D eigenvalue weighted by atomic mass is 79.9. The highest BCUT2D eigenvalue weighted by molar-refractivity contribution is 9.11. The summed E-state index contributed by atoms with van der Waals surface area (Å²) < 4.78 is 3.10. The van der Waals surface area contributed by atoms with Crippen molar-refractivity contribution in [1.82, 2.24) is 9.78 Å². The Bertz CT molecular complexity index is 624. The second-order valence-electron chi connectivity index (χ2n) is 3.96. The second kappa shape index (κ2) is 6.67. The topological polar surface area (TPSA) is 46.9 Å². The van der Waals surface area contributed by atoms with Crippen LogP contribution in [-0.2, 0) is 13.1 Å². The summed E-state index contributed by atoms with van der Waals surface area (Å²) >= 11 is 8.43. The van der Waals surface area contributed by atoms with Crippen LogP contribution in [0.25, 0.3) is 0 Å². The molecule has 0 fully saturated rings. The Kier molecular flexibility index (Phi) is 5.18. The summed E-state index contributed by atoms with van der Waals surface area (Å²) in [7, 11) is 0. The summed E-state index contributed by atoms with van der Waals surface area (Å²) in [4.78, 5) is 13.2. The maximum Gasteiger partial charge on any atom is 0.283 e. The highest BCUT2D eigenvalue weighted by Crippen LogP contribution is 2.24. The van der Waals surface area contributed by atoms with Gasteiger partial charge in [-0.2, -0.15) is 5.10 Å². The Hall–Kier alpha value is -0.660. The lowest BCUT2D eigenvalue weighted by Crippen LogP contribution is -2.24. The van der Waals surface area contributed by atoms with Crippen molar-refractivity contribution in [2.24, 2.45) is 0 Å². The maximum atomic E-state index is 12.0. The molecule has 19 heavy (non-hydrogen) atoms. The summed E-state index contributed by atoms with van der Waals surface area (Å²) in [5.41, 5.74) is 0.626. The Morgan fingerprint density at radius 1 is 1.42 bits per heavy atom. The molecule has 0 aromatic carbocycles. The molecule has 7 heteroatoms. The van der Waals surface area contributed by atoms with E-state index in [2.05, 4.69) is 42.3 Å². The van der Waals surface area contributed by atoms with Crippen molar-refractivity contribution in [3.63, 3.8) is 0 Å². The third kappa shape index (κ3) is 3.67. The normalized spacial score (nSPS) is 10.7. The van der Waals surface area contributed by atoms with E-state index < -0.39 is 0 Å². The zero-order chi connectivity index (χ0) is 13.8. The molecule has 2 aromatic rings. The number of aryl methyl sites for hydroxylation is 1. The van der Waals surface area contributed by atoms with Crippen molar-refractivity contribution in [3.05, 3.63) is 41.8 Å². The zero-order valence-electron chi connectivity index (χ0n) is 10.3. The number of halogens is 2. The van der Waals surface area contributed by atoms with Crippen LogP contribution in [0.5, 0.6) is 0 Å². The Morgan fingerprint density at radius 2 is 2.21 bits per heavy atom. The summed E-state index contributed by atoms with van der Waals surface area (Å²) in [6.45, 7) is 3.33. The fraction of sp³-hybridized carbons (Fsp3) is 0.333. The number of anilines is 1. The van der Waals surface area contributed by atoms with Gasteiger partial charge in [-0.25, -0.2) is 4.68 Å². The first kappa shape index (κ1) is 14.7. The number of hydrogen-bond acceptors (Lipinski definition) is 4. The summed E-state index contributed by atoms with van der Waals surface area (Å²) in [6, 6.07) is 4.05. The molecule has 0 aliphatic rings. The lowest BCUT2D eigenvalue weighted by Gasteiger charge is -2.09. The van der Waals surface area contributed by atoms with Crippen LogP contribution in [0.4, 0.5) is 5.69 Å². The smallest absolute Gasteiger partial charge is 0.283 e. The Morgan fingerprint density at radius 3 is 2.84 bits per heavy atom. The van der Waals surface area contributed by atoms with Gasteiger partial charge < -0.3 is 5.32 Å². The number of rotatable bonds is 5. The molecule has 0 aliphatic carbocycles. The third-order valence-corrected chi connectivity index (χ3v) is 4.89. The van der Waals surface area contributed by atoms with Gasteiger partial charge in [0.1, 0.15) is 4.47 Å². The fourth-order valence-corrected chi connectivity index (χ4v) is 3.46. The van der Waals surface area contributed by atoms with Crippen LogP contribution < -0.4 is 10.9 Å². The van der Waals surface area contributed by atoms with Crippen LogP contribution in [0.3, 0.4) is 0 Å². The molecule has 0 amide bonds. The first-order valence-corrected chi connectivity index (χ1v) is 8.25. The molecule has 0 aliphatic heterocycles. The predicted molar refractivity (Wildman–Crippen MR) is 85.8 cm³/mol. The summed E-state index contributed by atoms with van der Waals surface area (Å²) in [6.07, 6.45) is 2.57. The van der Waals surface area contributed by atoms with Crippen LogP contribution in [-0.4, -0.2) is 9.78 Å². The van der Waals surface area contributed by atoms with E-state index in [1.54, 1.807) is 17.5 Å². The summed E-state index contributed by atoms with van der Waals surface area (Å²) in [5.74, 6) is 0. The lowest BCUT2D eigenvalue weighted by atomic mass is 10.4. The molecule has 1 N–H and O–H groups in total. The highest BCUT2D eigenvalue weighted by Gasteiger charge is 2.08. The molecule has 2 heterocycles. The second-order valence-corrected chi connectivity index (χ2v) is 7.30. The maximum absolute atomic E-state index is 12.0. The van der Waals surface area contributed by atoms with E-state index in [4.69, 9.17) is 0 Å². The first-order chi connectivity index (χ1) is 9.11. The van der Waals surface area contributed by atoms with Crippen molar-refractivity contribution in [2.45, 2.75) is 26.4 Å². The molecule has 0 saturated carbocycles.